The van der Waals surface area contributed by atoms with Gasteiger partial charge in [0.2, 0.25) is 0 Å². The summed E-state index contributed by atoms with van der Waals surface area (Å²) >= 11 is 0. The summed E-state index contributed by atoms with van der Waals surface area (Å²) in [7, 11) is 0. The van der Waals surface area contributed by atoms with Gasteiger partial charge in [0.05, 0.1) is 0 Å². The lowest BCUT2D eigenvalue weighted by Crippen LogP contribution is -2.24. The van der Waals surface area contributed by atoms with E-state index in [4.69, 9.17) is 9.47 Å². The monoisotopic (exact) mass is 270 g/mol. The molecule has 0 saturated carbocycles. The highest BCUT2D eigenvalue weighted by Crippen LogP contribution is 2.16. The van der Waals surface area contributed by atoms with E-state index in [1.54, 1.807) is 0 Å². The van der Waals surface area contributed by atoms with E-state index >= 15 is 0 Å². The van der Waals surface area contributed by atoms with Gasteiger partial charge in [0.1, 0.15) is 0 Å². The molecule has 0 radical (unpaired) electrons. The fraction of sp³-hybridized carbons (Fsp3) is 0.733. The van der Waals surface area contributed by atoms with Crippen molar-refractivity contribution in [2.75, 3.05) is 0 Å². The Bertz CT molecular complexity index is 291. The van der Waals surface area contributed by atoms with Crippen molar-refractivity contribution >= 4 is 11.9 Å². The summed E-state index contributed by atoms with van der Waals surface area (Å²) in [5.41, 5.74) is 0.849. The fourth-order valence-electron chi connectivity index (χ4n) is 1.74. The molecule has 0 aliphatic carbocycles. The van der Waals surface area contributed by atoms with Crippen molar-refractivity contribution in [3.8, 4) is 0 Å². The molecule has 0 spiro atoms. The van der Waals surface area contributed by atoms with Gasteiger partial charge in [-0.1, -0.05) is 39.2 Å². The minimum Gasteiger partial charge on any atom is -0.421 e. The van der Waals surface area contributed by atoms with Crippen molar-refractivity contribution < 1.29 is 19.1 Å². The quantitative estimate of drug-likeness (QED) is 0.277. The van der Waals surface area contributed by atoms with E-state index in [2.05, 4.69) is 6.92 Å². The first-order valence-electron chi connectivity index (χ1n) is 7.04. The SMILES string of the molecule is CCCCCC/C=C(\CC)C(OC(C)=O)OC(C)=O. The van der Waals surface area contributed by atoms with Crippen LogP contribution in [0.1, 0.15) is 66.2 Å². The summed E-state index contributed by atoms with van der Waals surface area (Å²) in [4.78, 5) is 22.1. The van der Waals surface area contributed by atoms with Gasteiger partial charge < -0.3 is 9.47 Å². The molecular weight excluding hydrogens is 244 g/mol. The molecule has 0 rings (SSSR count). The first kappa shape index (κ1) is 17.7. The maximum atomic E-state index is 11.0. The summed E-state index contributed by atoms with van der Waals surface area (Å²) in [6.07, 6.45) is 7.49. The molecule has 0 bridgehead atoms. The highest BCUT2D eigenvalue weighted by Gasteiger charge is 2.18. The van der Waals surface area contributed by atoms with Gasteiger partial charge in [0, 0.05) is 19.4 Å². The predicted octanol–water partition coefficient (Wildman–Crippen LogP) is 3.75. The van der Waals surface area contributed by atoms with Gasteiger partial charge in [-0.3, -0.25) is 9.59 Å². The van der Waals surface area contributed by atoms with Crippen molar-refractivity contribution in [3.05, 3.63) is 11.6 Å². The minimum atomic E-state index is -0.869. The standard InChI is InChI=1S/C15H26O4/c1-5-7-8-9-10-11-14(6-2)15(18-12(3)16)19-13(4)17/h11,15H,5-10H2,1-4H3/b14-11+. The van der Waals surface area contributed by atoms with Crippen LogP contribution in [0.25, 0.3) is 0 Å². The Kier molecular flexibility index (Phi) is 9.85. The maximum absolute atomic E-state index is 11.0. The molecule has 0 fully saturated rings. The van der Waals surface area contributed by atoms with Crippen molar-refractivity contribution in [2.24, 2.45) is 0 Å². The molecule has 0 aliphatic rings. The Hall–Kier alpha value is -1.32. The third-order valence-corrected chi connectivity index (χ3v) is 2.72. The largest absolute Gasteiger partial charge is 0.421 e. The Balaban J connectivity index is 4.48. The van der Waals surface area contributed by atoms with Crippen molar-refractivity contribution in [2.45, 2.75) is 72.5 Å². The van der Waals surface area contributed by atoms with Crippen LogP contribution in [0.15, 0.2) is 11.6 Å². The van der Waals surface area contributed by atoms with Crippen LogP contribution in [0.2, 0.25) is 0 Å². The molecule has 110 valence electrons. The summed E-state index contributed by atoms with van der Waals surface area (Å²) in [5.74, 6) is -0.895. The van der Waals surface area contributed by atoms with E-state index in [1.807, 2.05) is 13.0 Å². The molecule has 4 heteroatoms. The van der Waals surface area contributed by atoms with E-state index in [-0.39, 0.29) is 0 Å². The molecule has 0 N–H and O–H groups in total. The van der Waals surface area contributed by atoms with Crippen LogP contribution in [0.3, 0.4) is 0 Å². The lowest BCUT2D eigenvalue weighted by Gasteiger charge is -2.19. The van der Waals surface area contributed by atoms with Gasteiger partial charge in [0.25, 0.3) is 6.29 Å². The molecule has 0 saturated heterocycles. The van der Waals surface area contributed by atoms with Crippen LogP contribution in [-0.2, 0) is 19.1 Å². The Labute approximate surface area is 116 Å². The molecule has 19 heavy (non-hydrogen) atoms. The summed E-state index contributed by atoms with van der Waals surface area (Å²) in [5, 5.41) is 0. The van der Waals surface area contributed by atoms with Crippen LogP contribution in [0.4, 0.5) is 0 Å². The average molecular weight is 270 g/mol. The third-order valence-electron chi connectivity index (χ3n) is 2.72. The molecule has 0 aromatic rings. The molecule has 0 aliphatic heterocycles. The van der Waals surface area contributed by atoms with Gasteiger partial charge in [-0.25, -0.2) is 0 Å². The van der Waals surface area contributed by atoms with Gasteiger partial charge in [-0.05, 0) is 19.3 Å². The van der Waals surface area contributed by atoms with E-state index < -0.39 is 18.2 Å². The number of carbonyl (C=O) groups is 2. The van der Waals surface area contributed by atoms with E-state index in [1.165, 1.54) is 33.1 Å². The fourth-order valence-corrected chi connectivity index (χ4v) is 1.74. The minimum absolute atomic E-state index is 0.448. The third kappa shape index (κ3) is 9.28. The molecule has 0 heterocycles. The topological polar surface area (TPSA) is 52.6 Å². The molecule has 0 amide bonds. The number of unbranched alkanes of at least 4 members (excludes halogenated alkanes) is 4. The second-order valence-electron chi connectivity index (χ2n) is 4.53. The van der Waals surface area contributed by atoms with Crippen LogP contribution < -0.4 is 0 Å². The summed E-state index contributed by atoms with van der Waals surface area (Å²) in [6.45, 7) is 6.75. The molecular formula is C15H26O4. The number of carbonyl (C=O) groups excluding carboxylic acids is 2. The van der Waals surface area contributed by atoms with Crippen LogP contribution >= 0.6 is 0 Å². The van der Waals surface area contributed by atoms with Gasteiger partial charge in [-0.2, -0.15) is 0 Å². The first-order valence-corrected chi connectivity index (χ1v) is 7.04. The lowest BCUT2D eigenvalue weighted by molar-refractivity contribution is -0.178. The van der Waals surface area contributed by atoms with E-state index in [0.717, 1.165) is 18.4 Å². The molecule has 0 atom stereocenters. The van der Waals surface area contributed by atoms with Crippen molar-refractivity contribution in [1.29, 1.82) is 0 Å². The predicted molar refractivity (Wildman–Crippen MR) is 74.5 cm³/mol. The average Bonchev–Trinajstić information content (AvgIpc) is 2.32. The Morgan fingerprint density at radius 2 is 1.58 bits per heavy atom. The second-order valence-corrected chi connectivity index (χ2v) is 4.53. The number of hydrogen-bond donors (Lipinski definition) is 0. The Morgan fingerprint density at radius 1 is 1.00 bits per heavy atom. The lowest BCUT2D eigenvalue weighted by atomic mass is 10.1. The van der Waals surface area contributed by atoms with Gasteiger partial charge in [-0.15, -0.1) is 0 Å². The number of hydrogen-bond acceptors (Lipinski definition) is 4. The second kappa shape index (κ2) is 10.6. The first-order chi connectivity index (χ1) is 9.01. The molecule has 0 unspecified atom stereocenters. The summed E-state index contributed by atoms with van der Waals surface area (Å²) in [6, 6.07) is 0. The smallest absolute Gasteiger partial charge is 0.305 e. The zero-order chi connectivity index (χ0) is 14.7. The number of rotatable bonds is 9. The summed E-state index contributed by atoms with van der Waals surface area (Å²) < 4.78 is 10.1. The normalized spacial score (nSPS) is 11.5. The van der Waals surface area contributed by atoms with Crippen molar-refractivity contribution in [3.63, 3.8) is 0 Å². The molecule has 0 aromatic heterocycles. The zero-order valence-corrected chi connectivity index (χ0v) is 12.5. The Morgan fingerprint density at radius 3 is 2.00 bits per heavy atom. The van der Waals surface area contributed by atoms with Gasteiger partial charge >= 0.3 is 11.9 Å². The van der Waals surface area contributed by atoms with Crippen molar-refractivity contribution in [1.82, 2.24) is 0 Å². The highest BCUT2D eigenvalue weighted by atomic mass is 16.7. The van der Waals surface area contributed by atoms with Crippen LogP contribution in [0, 0.1) is 0 Å². The number of esters is 2. The highest BCUT2D eigenvalue weighted by molar-refractivity contribution is 5.68. The van der Waals surface area contributed by atoms with E-state index in [0.29, 0.717) is 6.42 Å². The number of allylic oxidation sites excluding steroid dienone is 1. The van der Waals surface area contributed by atoms with Crippen LogP contribution in [-0.4, -0.2) is 18.2 Å². The van der Waals surface area contributed by atoms with Crippen LogP contribution in [0.5, 0.6) is 0 Å². The number of ether oxygens (including phenoxy) is 2. The molecule has 0 aromatic carbocycles. The maximum Gasteiger partial charge on any atom is 0.305 e. The zero-order valence-electron chi connectivity index (χ0n) is 12.5. The van der Waals surface area contributed by atoms with E-state index in [9.17, 15) is 9.59 Å². The molecule has 4 nitrogen and oxygen atoms in total. The van der Waals surface area contributed by atoms with Gasteiger partial charge in [0.15, 0.2) is 0 Å².